The summed E-state index contributed by atoms with van der Waals surface area (Å²) < 4.78 is 4.53. The quantitative estimate of drug-likeness (QED) is 0.453. The van der Waals surface area contributed by atoms with Gasteiger partial charge >= 0.3 is 0 Å². The van der Waals surface area contributed by atoms with Crippen LogP contribution >= 0.6 is 0 Å². The molecule has 1 heterocycles. The van der Waals surface area contributed by atoms with Gasteiger partial charge in [0.25, 0.3) is 0 Å². The molecule has 1 radical (unpaired) electrons. The van der Waals surface area contributed by atoms with Gasteiger partial charge in [0, 0.05) is 39.3 Å². The Balaban J connectivity index is 0.000000250. The van der Waals surface area contributed by atoms with E-state index in [2.05, 4.69) is 16.1 Å². The third kappa shape index (κ3) is 1.88. The van der Waals surface area contributed by atoms with Crippen molar-refractivity contribution in [1.82, 2.24) is 0 Å². The first kappa shape index (κ1) is 6.57. The molecule has 0 atom stereocenters. The fourth-order valence-corrected chi connectivity index (χ4v) is 0.228. The normalized spacial score (nSPS) is 16.0. The second-order valence-electron chi connectivity index (χ2n) is 0.821. The van der Waals surface area contributed by atoms with Crippen molar-refractivity contribution in [1.29, 1.82) is 0 Å². The van der Waals surface area contributed by atoms with Crippen LogP contribution in [0.25, 0.3) is 0 Å². The van der Waals surface area contributed by atoms with E-state index in [1.807, 2.05) is 0 Å². The van der Waals surface area contributed by atoms with Crippen molar-refractivity contribution >= 4 is 6.40 Å². The molecule has 1 aliphatic heterocycles. The molecular weight excluding hydrogens is 155 g/mol. The van der Waals surface area contributed by atoms with E-state index in [4.69, 9.17) is 0 Å². The van der Waals surface area contributed by atoms with Gasteiger partial charge < -0.3 is 9.73 Å². The molecule has 2 nitrogen and oxygen atoms in total. The molecule has 0 amide bonds. The van der Waals surface area contributed by atoms with Gasteiger partial charge in [0.1, 0.15) is 0 Å². The average Bonchev–Trinajstić information content (AvgIpc) is 1.76. The maximum Gasteiger partial charge on any atom is 0.0637 e. The molecule has 0 fully saturated rings. The van der Waals surface area contributed by atoms with Gasteiger partial charge in [-0.2, -0.15) is 0 Å². The molecule has 0 saturated carbocycles. The number of rotatable bonds is 0. The zero-order valence-corrected chi connectivity index (χ0v) is 6.19. The predicted molar refractivity (Wildman–Crippen MR) is 18.3 cm³/mol. The molecule has 1 aliphatic rings. The molecule has 1 rings (SSSR count). The Bertz CT molecular complexity index is 48.8. The standard InChI is InChI=1S/C3H4NO.Y/c1-2-5-3-4-1;/h1-2H2;/q-1;. The fraction of sp³-hybridized carbons (Fsp3) is 0.667. The van der Waals surface area contributed by atoms with Crippen LogP contribution in [0.5, 0.6) is 0 Å². The van der Waals surface area contributed by atoms with E-state index in [1.54, 1.807) is 0 Å². The van der Waals surface area contributed by atoms with E-state index in [0.717, 1.165) is 13.2 Å². The van der Waals surface area contributed by atoms with E-state index in [9.17, 15) is 0 Å². The first-order valence-electron chi connectivity index (χ1n) is 1.53. The summed E-state index contributed by atoms with van der Waals surface area (Å²) in [5.74, 6) is 0. The third-order valence-electron chi connectivity index (χ3n) is 0.434. The molecular formula is C3H4NOY-. The number of hydrogen-bond acceptors (Lipinski definition) is 2. The third-order valence-corrected chi connectivity index (χ3v) is 0.434. The first-order chi connectivity index (χ1) is 2.50. The van der Waals surface area contributed by atoms with Crippen LogP contribution in [-0.4, -0.2) is 19.6 Å². The SMILES string of the molecule is [C-]1=NCCO1.[Y]. The maximum absolute atomic E-state index is 4.53. The number of nitrogens with zero attached hydrogens (tertiary/aromatic N) is 1. The van der Waals surface area contributed by atoms with Crippen LogP contribution in [0.2, 0.25) is 0 Å². The number of ether oxygens (including phenoxy) is 1. The Morgan fingerprint density at radius 3 is 2.67 bits per heavy atom. The molecule has 31 valence electrons. The van der Waals surface area contributed by atoms with Crippen LogP contribution in [0.4, 0.5) is 0 Å². The van der Waals surface area contributed by atoms with Crippen molar-refractivity contribution in [3.05, 3.63) is 0 Å². The minimum atomic E-state index is 0. The van der Waals surface area contributed by atoms with Gasteiger partial charge in [-0.3, -0.25) is 0 Å². The van der Waals surface area contributed by atoms with Crippen molar-refractivity contribution < 1.29 is 37.4 Å². The van der Waals surface area contributed by atoms with Gasteiger partial charge in [0.2, 0.25) is 0 Å². The topological polar surface area (TPSA) is 21.6 Å². The van der Waals surface area contributed by atoms with Gasteiger partial charge in [-0.25, -0.2) is 6.40 Å². The van der Waals surface area contributed by atoms with Gasteiger partial charge in [-0.1, -0.05) is 0 Å². The summed E-state index contributed by atoms with van der Waals surface area (Å²) in [6, 6.07) is 0. The van der Waals surface area contributed by atoms with Crippen LogP contribution in [0.3, 0.4) is 0 Å². The van der Waals surface area contributed by atoms with E-state index >= 15 is 0 Å². The summed E-state index contributed by atoms with van der Waals surface area (Å²) >= 11 is 0. The molecule has 0 unspecified atom stereocenters. The number of hydrogen-bond donors (Lipinski definition) is 0. The molecule has 0 spiro atoms. The summed E-state index contributed by atoms with van der Waals surface area (Å²) in [5, 5.41) is 0. The molecule has 0 saturated heterocycles. The molecule has 3 heteroatoms. The van der Waals surface area contributed by atoms with Crippen LogP contribution in [-0.2, 0) is 37.4 Å². The molecule has 0 aromatic carbocycles. The summed E-state index contributed by atoms with van der Waals surface area (Å²) in [6.07, 6.45) is 2.35. The van der Waals surface area contributed by atoms with Crippen molar-refractivity contribution in [2.75, 3.05) is 13.2 Å². The van der Waals surface area contributed by atoms with E-state index < -0.39 is 0 Å². The molecule has 6 heavy (non-hydrogen) atoms. The Morgan fingerprint density at radius 1 is 1.67 bits per heavy atom. The molecule has 0 aromatic heterocycles. The van der Waals surface area contributed by atoms with Crippen LogP contribution in [0.15, 0.2) is 4.99 Å². The smallest absolute Gasteiger partial charge is 0.0637 e. The molecule has 0 bridgehead atoms. The van der Waals surface area contributed by atoms with Crippen molar-refractivity contribution in [3.8, 4) is 0 Å². The molecule has 0 aliphatic carbocycles. The Kier molecular flexibility index (Phi) is 4.11. The van der Waals surface area contributed by atoms with Gasteiger partial charge in [0.15, 0.2) is 0 Å². The first-order valence-corrected chi connectivity index (χ1v) is 1.53. The molecule has 0 aromatic rings. The Labute approximate surface area is 61.9 Å². The second kappa shape index (κ2) is 3.75. The van der Waals surface area contributed by atoms with Crippen molar-refractivity contribution in [2.24, 2.45) is 4.99 Å². The van der Waals surface area contributed by atoms with Crippen LogP contribution in [0.1, 0.15) is 0 Å². The summed E-state index contributed by atoms with van der Waals surface area (Å²) in [7, 11) is 0. The largest absolute Gasteiger partial charge is 0.674 e. The van der Waals surface area contributed by atoms with Gasteiger partial charge in [-0.15, -0.1) is 0 Å². The van der Waals surface area contributed by atoms with E-state index in [-0.39, 0.29) is 32.7 Å². The van der Waals surface area contributed by atoms with Gasteiger partial charge in [-0.05, 0) is 0 Å². The minimum absolute atomic E-state index is 0. The summed E-state index contributed by atoms with van der Waals surface area (Å²) in [6.45, 7) is 1.51. The summed E-state index contributed by atoms with van der Waals surface area (Å²) in [5.41, 5.74) is 0. The zero-order valence-electron chi connectivity index (χ0n) is 3.35. The van der Waals surface area contributed by atoms with Crippen LogP contribution in [0, 0.1) is 0 Å². The van der Waals surface area contributed by atoms with Crippen LogP contribution < -0.4 is 0 Å². The fourth-order valence-electron chi connectivity index (χ4n) is 0.228. The molecule has 0 N–H and O–H groups in total. The summed E-state index contributed by atoms with van der Waals surface area (Å²) in [4.78, 5) is 3.61. The van der Waals surface area contributed by atoms with Gasteiger partial charge in [0.05, 0.1) is 6.61 Å². The maximum atomic E-state index is 4.53. The Hall–Kier alpha value is 0.574. The number of aliphatic imine (C=N–C) groups is 1. The Morgan fingerprint density at radius 2 is 2.50 bits per heavy atom. The van der Waals surface area contributed by atoms with E-state index in [1.165, 1.54) is 0 Å². The average molecular weight is 159 g/mol. The minimum Gasteiger partial charge on any atom is -0.674 e. The monoisotopic (exact) mass is 159 g/mol. The van der Waals surface area contributed by atoms with Crippen molar-refractivity contribution in [3.63, 3.8) is 0 Å². The van der Waals surface area contributed by atoms with E-state index in [0.29, 0.717) is 0 Å². The zero-order chi connectivity index (χ0) is 3.54. The second-order valence-corrected chi connectivity index (χ2v) is 0.821. The van der Waals surface area contributed by atoms with Crippen molar-refractivity contribution in [2.45, 2.75) is 0 Å². The predicted octanol–water partition coefficient (Wildman–Crippen LogP) is -0.0806.